The van der Waals surface area contributed by atoms with Crippen molar-refractivity contribution < 1.29 is 9.59 Å². The van der Waals surface area contributed by atoms with E-state index in [-0.39, 0.29) is 18.4 Å². The summed E-state index contributed by atoms with van der Waals surface area (Å²) in [6.07, 6.45) is 0.897. The molecule has 0 bridgehead atoms. The lowest BCUT2D eigenvalue weighted by Crippen LogP contribution is -2.38. The molecule has 1 aromatic rings. The third-order valence-electron chi connectivity index (χ3n) is 2.03. The fourth-order valence-corrected chi connectivity index (χ4v) is 1.91. The molecule has 2 amide bonds. The number of hydrogen-bond donors (Lipinski definition) is 1. The zero-order chi connectivity index (χ0) is 12.0. The Morgan fingerprint density at radius 3 is 2.81 bits per heavy atom. The minimum Gasteiger partial charge on any atom is -0.355 e. The van der Waals surface area contributed by atoms with Crippen molar-refractivity contribution in [3.8, 4) is 0 Å². The minimum atomic E-state index is -0.116. The van der Waals surface area contributed by atoms with Crippen LogP contribution in [0.15, 0.2) is 17.5 Å². The maximum atomic E-state index is 11.8. The second-order valence-electron chi connectivity index (χ2n) is 3.49. The zero-order valence-corrected chi connectivity index (χ0v) is 10.3. The summed E-state index contributed by atoms with van der Waals surface area (Å²) in [5, 5.41) is 4.58. The molecule has 5 heteroatoms. The first kappa shape index (κ1) is 12.7. The number of amides is 2. The average molecular weight is 240 g/mol. The molecule has 16 heavy (non-hydrogen) atoms. The largest absolute Gasteiger partial charge is 0.355 e. The molecule has 1 rings (SSSR count). The fourth-order valence-electron chi connectivity index (χ4n) is 1.20. The van der Waals surface area contributed by atoms with Crippen LogP contribution in [0.3, 0.4) is 0 Å². The maximum absolute atomic E-state index is 11.8. The smallest absolute Gasteiger partial charge is 0.264 e. The Morgan fingerprint density at radius 1 is 1.50 bits per heavy atom. The molecule has 0 spiro atoms. The van der Waals surface area contributed by atoms with E-state index in [1.807, 2.05) is 18.4 Å². The third kappa shape index (κ3) is 3.66. The lowest BCUT2D eigenvalue weighted by Gasteiger charge is -2.15. The number of nitrogens with one attached hydrogen (secondary N) is 1. The number of carbonyl (C=O) groups is 2. The summed E-state index contributed by atoms with van der Waals surface area (Å²) in [7, 11) is 1.63. The first-order valence-corrected chi connectivity index (χ1v) is 6.08. The summed E-state index contributed by atoms with van der Waals surface area (Å²) in [6.45, 7) is 2.75. The van der Waals surface area contributed by atoms with Gasteiger partial charge in [-0.2, -0.15) is 0 Å². The van der Waals surface area contributed by atoms with E-state index >= 15 is 0 Å². The molecule has 0 saturated heterocycles. The topological polar surface area (TPSA) is 49.4 Å². The monoisotopic (exact) mass is 240 g/mol. The molecule has 0 atom stereocenters. The average Bonchev–Trinajstić information content (AvgIpc) is 2.78. The van der Waals surface area contributed by atoms with Crippen molar-refractivity contribution in [3.05, 3.63) is 22.4 Å². The minimum absolute atomic E-state index is 0.108. The van der Waals surface area contributed by atoms with E-state index in [0.29, 0.717) is 11.4 Å². The van der Waals surface area contributed by atoms with Gasteiger partial charge in [-0.15, -0.1) is 11.3 Å². The molecule has 0 fully saturated rings. The number of carbonyl (C=O) groups excluding carboxylic acids is 2. The van der Waals surface area contributed by atoms with Gasteiger partial charge in [0, 0.05) is 13.6 Å². The highest BCUT2D eigenvalue weighted by Crippen LogP contribution is 2.10. The highest BCUT2D eigenvalue weighted by Gasteiger charge is 2.14. The Morgan fingerprint density at radius 2 is 2.25 bits per heavy atom. The Labute approximate surface area is 99.3 Å². The van der Waals surface area contributed by atoms with Crippen LogP contribution in [0.25, 0.3) is 0 Å². The summed E-state index contributed by atoms with van der Waals surface area (Å²) in [4.78, 5) is 25.2. The fraction of sp³-hybridized carbons (Fsp3) is 0.455. The Balaban J connectivity index is 2.43. The molecule has 88 valence electrons. The molecular formula is C11H16N2O2S. The van der Waals surface area contributed by atoms with Crippen LogP contribution in [0.5, 0.6) is 0 Å². The predicted molar refractivity (Wildman–Crippen MR) is 64.6 cm³/mol. The Bertz CT molecular complexity index is 349. The normalized spacial score (nSPS) is 9.88. The number of nitrogens with zero attached hydrogens (tertiary/aromatic N) is 1. The van der Waals surface area contributed by atoms with Gasteiger partial charge in [0.2, 0.25) is 5.91 Å². The molecule has 4 nitrogen and oxygen atoms in total. The van der Waals surface area contributed by atoms with Crippen LogP contribution < -0.4 is 5.32 Å². The van der Waals surface area contributed by atoms with Crippen LogP contribution in [0.4, 0.5) is 0 Å². The van der Waals surface area contributed by atoms with Crippen LogP contribution in [0, 0.1) is 0 Å². The summed E-state index contributed by atoms with van der Waals surface area (Å²) in [5.41, 5.74) is 0. The number of likely N-dealkylation sites (N-methyl/N-ethyl adjacent to an activating group) is 1. The molecule has 0 radical (unpaired) electrons. The maximum Gasteiger partial charge on any atom is 0.264 e. The van der Waals surface area contributed by atoms with Gasteiger partial charge in [0.25, 0.3) is 5.91 Å². The van der Waals surface area contributed by atoms with Crippen LogP contribution in [-0.2, 0) is 4.79 Å². The van der Waals surface area contributed by atoms with Gasteiger partial charge in [-0.05, 0) is 17.9 Å². The van der Waals surface area contributed by atoms with Crippen molar-refractivity contribution in [2.24, 2.45) is 0 Å². The van der Waals surface area contributed by atoms with Crippen molar-refractivity contribution in [2.45, 2.75) is 13.3 Å². The molecule has 0 saturated carbocycles. The van der Waals surface area contributed by atoms with Gasteiger partial charge in [-0.3, -0.25) is 9.59 Å². The molecule has 0 aliphatic heterocycles. The van der Waals surface area contributed by atoms with E-state index in [0.717, 1.165) is 6.42 Å². The van der Waals surface area contributed by atoms with E-state index in [9.17, 15) is 9.59 Å². The molecule has 0 unspecified atom stereocenters. The van der Waals surface area contributed by atoms with Gasteiger partial charge in [-0.1, -0.05) is 13.0 Å². The lowest BCUT2D eigenvalue weighted by molar-refractivity contribution is -0.121. The Hall–Kier alpha value is -1.36. The molecule has 0 aliphatic rings. The lowest BCUT2D eigenvalue weighted by atomic mass is 10.4. The first-order chi connectivity index (χ1) is 7.65. The highest BCUT2D eigenvalue weighted by atomic mass is 32.1. The van der Waals surface area contributed by atoms with Crippen LogP contribution in [0.1, 0.15) is 23.0 Å². The van der Waals surface area contributed by atoms with Gasteiger partial charge in [0.05, 0.1) is 11.4 Å². The summed E-state index contributed by atoms with van der Waals surface area (Å²) in [6, 6.07) is 3.58. The van der Waals surface area contributed by atoms with Crippen LogP contribution in [0.2, 0.25) is 0 Å². The van der Waals surface area contributed by atoms with Gasteiger partial charge < -0.3 is 10.2 Å². The summed E-state index contributed by atoms with van der Waals surface area (Å²) in [5.74, 6) is -0.226. The van der Waals surface area contributed by atoms with E-state index in [4.69, 9.17) is 0 Å². The van der Waals surface area contributed by atoms with E-state index in [1.165, 1.54) is 16.2 Å². The van der Waals surface area contributed by atoms with Gasteiger partial charge in [0.1, 0.15) is 0 Å². The SMILES string of the molecule is CCCNC(=O)CN(C)C(=O)c1cccs1. The summed E-state index contributed by atoms with van der Waals surface area (Å²) < 4.78 is 0. The standard InChI is InChI=1S/C11H16N2O2S/c1-3-6-12-10(14)8-13(2)11(15)9-5-4-7-16-9/h4-5,7H,3,6,8H2,1-2H3,(H,12,14). The van der Waals surface area contributed by atoms with E-state index in [2.05, 4.69) is 5.32 Å². The van der Waals surface area contributed by atoms with Crippen molar-refractivity contribution >= 4 is 23.2 Å². The van der Waals surface area contributed by atoms with E-state index < -0.39 is 0 Å². The third-order valence-corrected chi connectivity index (χ3v) is 2.89. The quantitative estimate of drug-likeness (QED) is 0.844. The number of thiophene rings is 1. The van der Waals surface area contributed by atoms with E-state index in [1.54, 1.807) is 13.1 Å². The van der Waals surface area contributed by atoms with Crippen molar-refractivity contribution in [1.29, 1.82) is 0 Å². The highest BCUT2D eigenvalue weighted by molar-refractivity contribution is 7.12. The Kier molecular flexibility index (Phi) is 4.98. The first-order valence-electron chi connectivity index (χ1n) is 5.20. The van der Waals surface area contributed by atoms with Crippen LogP contribution >= 0.6 is 11.3 Å². The molecule has 0 aliphatic carbocycles. The molecule has 1 N–H and O–H groups in total. The second kappa shape index (κ2) is 6.27. The van der Waals surface area contributed by atoms with Crippen molar-refractivity contribution in [1.82, 2.24) is 10.2 Å². The number of rotatable bonds is 5. The van der Waals surface area contributed by atoms with Crippen molar-refractivity contribution in [2.75, 3.05) is 20.1 Å². The van der Waals surface area contributed by atoms with Gasteiger partial charge in [0.15, 0.2) is 0 Å². The molecule has 0 aromatic carbocycles. The molecule has 1 heterocycles. The van der Waals surface area contributed by atoms with Crippen LogP contribution in [-0.4, -0.2) is 36.9 Å². The van der Waals surface area contributed by atoms with Gasteiger partial charge >= 0.3 is 0 Å². The number of hydrogen-bond acceptors (Lipinski definition) is 3. The van der Waals surface area contributed by atoms with Crippen molar-refractivity contribution in [3.63, 3.8) is 0 Å². The molecular weight excluding hydrogens is 224 g/mol. The summed E-state index contributed by atoms with van der Waals surface area (Å²) >= 11 is 1.38. The molecule has 1 aromatic heterocycles. The zero-order valence-electron chi connectivity index (χ0n) is 9.53. The predicted octanol–water partition coefficient (Wildman–Crippen LogP) is 1.35. The second-order valence-corrected chi connectivity index (χ2v) is 4.44. The van der Waals surface area contributed by atoms with Gasteiger partial charge in [-0.25, -0.2) is 0 Å².